The molecule has 1 aromatic heterocycles. The van der Waals surface area contributed by atoms with Gasteiger partial charge in [-0.2, -0.15) is 0 Å². The highest BCUT2D eigenvalue weighted by atomic mass is 31.2. The average molecular weight is 372 g/mol. The number of aromatic nitrogens is 2. The molecule has 0 aliphatic heterocycles. The minimum absolute atomic E-state index is 0.281. The van der Waals surface area contributed by atoms with Crippen LogP contribution in [-0.2, 0) is 13.6 Å². The smallest absolute Gasteiger partial charge is 0.311 e. The first-order valence-electron chi connectivity index (χ1n) is 8.15. The normalized spacial score (nSPS) is 12.9. The molecule has 26 heavy (non-hydrogen) atoms. The van der Waals surface area contributed by atoms with Gasteiger partial charge in [0.1, 0.15) is 5.66 Å². The number of H-pyrrole nitrogens is 1. The summed E-state index contributed by atoms with van der Waals surface area (Å²) in [6.45, 7) is 1.78. The zero-order valence-corrected chi connectivity index (χ0v) is 15.8. The Morgan fingerprint density at radius 3 is 2.04 bits per heavy atom. The standard InChI is InChI=1S/C19H21N2O4P/c1-14-17(19(22)21(20-14)16-12-8-5-9-13-16)18(26(23,24-2)25-3)15-10-6-4-7-11-15/h4-13,18,20H,1-3H3. The lowest BCUT2D eigenvalue weighted by molar-refractivity contribution is 0.269. The molecule has 0 spiro atoms. The monoisotopic (exact) mass is 372 g/mol. The van der Waals surface area contributed by atoms with Gasteiger partial charge in [-0.05, 0) is 24.6 Å². The third-order valence-electron chi connectivity index (χ3n) is 4.35. The van der Waals surface area contributed by atoms with Crippen LogP contribution in [0.3, 0.4) is 0 Å². The molecule has 0 aliphatic rings. The van der Waals surface area contributed by atoms with Crippen LogP contribution >= 0.6 is 7.60 Å². The molecule has 1 atom stereocenters. The van der Waals surface area contributed by atoms with Crippen molar-refractivity contribution in [1.82, 2.24) is 9.78 Å². The lowest BCUT2D eigenvalue weighted by Gasteiger charge is -2.24. The summed E-state index contributed by atoms with van der Waals surface area (Å²) in [7, 11) is -0.938. The summed E-state index contributed by atoms with van der Waals surface area (Å²) in [4.78, 5) is 13.2. The number of nitrogens with zero attached hydrogens (tertiary/aromatic N) is 1. The molecule has 136 valence electrons. The van der Waals surface area contributed by atoms with E-state index in [4.69, 9.17) is 9.05 Å². The van der Waals surface area contributed by atoms with Gasteiger partial charge in [0.15, 0.2) is 0 Å². The molecule has 0 aliphatic carbocycles. The topological polar surface area (TPSA) is 73.3 Å². The maximum absolute atomic E-state index is 13.3. The summed E-state index contributed by atoms with van der Waals surface area (Å²) in [5.74, 6) is 0. The van der Waals surface area contributed by atoms with Gasteiger partial charge in [-0.3, -0.25) is 14.5 Å². The predicted molar refractivity (Wildman–Crippen MR) is 101 cm³/mol. The third kappa shape index (κ3) is 3.19. The van der Waals surface area contributed by atoms with E-state index in [1.165, 1.54) is 18.9 Å². The summed E-state index contributed by atoms with van der Waals surface area (Å²) >= 11 is 0. The zero-order chi connectivity index (χ0) is 18.7. The fraction of sp³-hybridized carbons (Fsp3) is 0.211. The van der Waals surface area contributed by atoms with Crippen molar-refractivity contribution in [3.63, 3.8) is 0 Å². The van der Waals surface area contributed by atoms with Gasteiger partial charge in [-0.25, -0.2) is 4.68 Å². The van der Waals surface area contributed by atoms with Crippen LogP contribution < -0.4 is 5.56 Å². The van der Waals surface area contributed by atoms with E-state index < -0.39 is 13.3 Å². The molecule has 6 nitrogen and oxygen atoms in total. The molecule has 0 amide bonds. The van der Waals surface area contributed by atoms with E-state index in [2.05, 4.69) is 5.10 Å². The Kier molecular flexibility index (Phi) is 5.28. The molecular formula is C19H21N2O4P. The molecule has 2 aromatic carbocycles. The zero-order valence-electron chi connectivity index (χ0n) is 14.9. The highest BCUT2D eigenvalue weighted by molar-refractivity contribution is 7.54. The van der Waals surface area contributed by atoms with Gasteiger partial charge in [0.25, 0.3) is 5.56 Å². The van der Waals surface area contributed by atoms with Crippen molar-refractivity contribution in [1.29, 1.82) is 0 Å². The van der Waals surface area contributed by atoms with Crippen LogP contribution in [0.15, 0.2) is 65.5 Å². The van der Waals surface area contributed by atoms with E-state index in [-0.39, 0.29) is 5.56 Å². The van der Waals surface area contributed by atoms with Crippen LogP contribution in [0.2, 0.25) is 0 Å². The Hall–Kier alpha value is -2.40. The SMILES string of the molecule is COP(=O)(OC)C(c1ccccc1)c1c(C)[nH]n(-c2ccccc2)c1=O. The highest BCUT2D eigenvalue weighted by Gasteiger charge is 2.40. The number of nitrogens with one attached hydrogen (secondary N) is 1. The second-order valence-corrected chi connectivity index (χ2v) is 8.17. The molecule has 1 N–H and O–H groups in total. The fourth-order valence-electron chi connectivity index (χ4n) is 3.07. The molecule has 0 bridgehead atoms. The lowest BCUT2D eigenvalue weighted by atomic mass is 10.1. The third-order valence-corrected chi connectivity index (χ3v) is 6.55. The van der Waals surface area contributed by atoms with Gasteiger partial charge >= 0.3 is 7.60 Å². The number of aromatic amines is 1. The molecule has 0 radical (unpaired) electrons. The Bertz CT molecular complexity index is 972. The molecule has 0 fully saturated rings. The molecule has 7 heteroatoms. The van der Waals surface area contributed by atoms with Gasteiger partial charge in [0, 0.05) is 19.9 Å². The van der Waals surface area contributed by atoms with Crippen molar-refractivity contribution in [3.05, 3.63) is 87.8 Å². The van der Waals surface area contributed by atoms with E-state index in [1.54, 1.807) is 6.92 Å². The lowest BCUT2D eigenvalue weighted by Crippen LogP contribution is -2.20. The largest absolute Gasteiger partial charge is 0.342 e. The van der Waals surface area contributed by atoms with Crippen molar-refractivity contribution in [2.75, 3.05) is 14.2 Å². The van der Waals surface area contributed by atoms with Crippen LogP contribution in [0.25, 0.3) is 5.69 Å². The predicted octanol–water partition coefficient (Wildman–Crippen LogP) is 4.05. The molecule has 0 saturated carbocycles. The van der Waals surface area contributed by atoms with E-state index in [0.29, 0.717) is 22.5 Å². The van der Waals surface area contributed by atoms with E-state index in [9.17, 15) is 9.36 Å². The number of aryl methyl sites for hydroxylation is 1. The van der Waals surface area contributed by atoms with Crippen LogP contribution in [-0.4, -0.2) is 24.0 Å². The maximum atomic E-state index is 13.3. The Morgan fingerprint density at radius 2 is 1.50 bits per heavy atom. The first-order chi connectivity index (χ1) is 12.5. The number of benzene rings is 2. The van der Waals surface area contributed by atoms with Crippen LogP contribution in [0, 0.1) is 6.92 Å². The maximum Gasteiger partial charge on any atom is 0.342 e. The molecule has 1 heterocycles. The van der Waals surface area contributed by atoms with Gasteiger partial charge in [0.2, 0.25) is 0 Å². The summed E-state index contributed by atoms with van der Waals surface area (Å²) in [5.41, 5.74) is 1.26. The molecule has 3 aromatic rings. The van der Waals surface area contributed by atoms with E-state index in [0.717, 1.165) is 0 Å². The molecule has 3 rings (SSSR count). The first kappa shape index (κ1) is 18.4. The number of rotatable bonds is 6. The second kappa shape index (κ2) is 7.46. The van der Waals surface area contributed by atoms with Crippen LogP contribution in [0.1, 0.15) is 22.5 Å². The number of hydrogen-bond donors (Lipinski definition) is 1. The van der Waals surface area contributed by atoms with Crippen molar-refractivity contribution < 1.29 is 13.6 Å². The summed E-state index contributed by atoms with van der Waals surface area (Å²) in [5, 5.41) is 3.07. The van der Waals surface area contributed by atoms with Crippen molar-refractivity contribution in [2.24, 2.45) is 0 Å². The fourth-order valence-corrected chi connectivity index (χ4v) is 4.80. The average Bonchev–Trinajstić information content (AvgIpc) is 2.98. The first-order valence-corrected chi connectivity index (χ1v) is 9.76. The van der Waals surface area contributed by atoms with Gasteiger partial charge in [-0.15, -0.1) is 0 Å². The van der Waals surface area contributed by atoms with Crippen molar-refractivity contribution in [3.8, 4) is 5.69 Å². The van der Waals surface area contributed by atoms with Gasteiger partial charge in [0.05, 0.1) is 11.3 Å². The van der Waals surface area contributed by atoms with Crippen LogP contribution in [0.4, 0.5) is 0 Å². The Balaban J connectivity index is 2.25. The van der Waals surface area contributed by atoms with Gasteiger partial charge in [-0.1, -0.05) is 48.5 Å². The van der Waals surface area contributed by atoms with Crippen molar-refractivity contribution in [2.45, 2.75) is 12.6 Å². The van der Waals surface area contributed by atoms with E-state index >= 15 is 0 Å². The number of para-hydroxylation sites is 1. The Morgan fingerprint density at radius 1 is 0.962 bits per heavy atom. The Labute approximate surface area is 151 Å². The molecule has 1 unspecified atom stereocenters. The second-order valence-electron chi connectivity index (χ2n) is 5.84. The van der Waals surface area contributed by atoms with Crippen molar-refractivity contribution >= 4 is 7.60 Å². The van der Waals surface area contributed by atoms with E-state index in [1.807, 2.05) is 60.7 Å². The molecule has 0 saturated heterocycles. The van der Waals surface area contributed by atoms with Gasteiger partial charge < -0.3 is 9.05 Å². The molecular weight excluding hydrogens is 351 g/mol. The summed E-state index contributed by atoms with van der Waals surface area (Å²) < 4.78 is 25.2. The highest BCUT2D eigenvalue weighted by Crippen LogP contribution is 2.62. The quantitative estimate of drug-likeness (QED) is 0.663. The summed E-state index contributed by atoms with van der Waals surface area (Å²) in [6.07, 6.45) is 0. The van der Waals surface area contributed by atoms with Crippen LogP contribution in [0.5, 0.6) is 0 Å². The minimum Gasteiger partial charge on any atom is -0.311 e. The summed E-state index contributed by atoms with van der Waals surface area (Å²) in [6, 6.07) is 18.4. The number of hydrogen-bond acceptors (Lipinski definition) is 4. The minimum atomic E-state index is -3.60.